The second kappa shape index (κ2) is 7.18. The monoisotopic (exact) mass is 284 g/mol. The first-order valence-electron chi connectivity index (χ1n) is 8.03. The Bertz CT molecular complexity index is 284. The van der Waals surface area contributed by atoms with Crippen LogP contribution in [-0.2, 0) is 4.74 Å². The molecule has 0 atom stereocenters. The van der Waals surface area contributed by atoms with E-state index in [1.165, 1.54) is 19.6 Å². The van der Waals surface area contributed by atoms with Crippen LogP contribution < -0.4 is 5.73 Å². The highest BCUT2D eigenvalue weighted by atomic mass is 16.5. The van der Waals surface area contributed by atoms with Crippen molar-refractivity contribution < 1.29 is 4.74 Å². The molecule has 0 amide bonds. The molecule has 1 heterocycles. The number of hydrogen-bond donors (Lipinski definition) is 1. The first kappa shape index (κ1) is 16.2. The van der Waals surface area contributed by atoms with E-state index in [1.807, 2.05) is 0 Å². The third-order valence-corrected chi connectivity index (χ3v) is 4.90. The largest absolute Gasteiger partial charge is 0.378 e. The Morgan fingerprint density at radius 3 is 2.35 bits per heavy atom. The normalized spacial score (nSPS) is 32.5. The summed E-state index contributed by atoms with van der Waals surface area (Å²) in [6, 6.07) is 0. The van der Waals surface area contributed by atoms with Crippen molar-refractivity contribution in [2.45, 2.75) is 31.4 Å². The molecule has 5 heteroatoms. The van der Waals surface area contributed by atoms with Crippen molar-refractivity contribution in [2.24, 2.45) is 5.73 Å². The van der Waals surface area contributed by atoms with Gasteiger partial charge in [0.15, 0.2) is 0 Å². The van der Waals surface area contributed by atoms with Crippen molar-refractivity contribution in [3.8, 4) is 0 Å². The molecule has 0 aromatic rings. The van der Waals surface area contributed by atoms with Crippen LogP contribution in [0.5, 0.6) is 0 Å². The summed E-state index contributed by atoms with van der Waals surface area (Å²) in [4.78, 5) is 7.44. The molecular weight excluding hydrogens is 252 g/mol. The van der Waals surface area contributed by atoms with E-state index in [-0.39, 0.29) is 5.54 Å². The van der Waals surface area contributed by atoms with Gasteiger partial charge in [-0.3, -0.25) is 9.80 Å². The molecule has 20 heavy (non-hydrogen) atoms. The molecule has 1 saturated carbocycles. The van der Waals surface area contributed by atoms with Crippen LogP contribution in [0.25, 0.3) is 0 Å². The van der Waals surface area contributed by atoms with E-state index in [4.69, 9.17) is 10.5 Å². The Balaban J connectivity index is 1.75. The highest BCUT2D eigenvalue weighted by Crippen LogP contribution is 2.39. The lowest BCUT2D eigenvalue weighted by atomic mass is 9.72. The molecule has 2 aliphatic rings. The van der Waals surface area contributed by atoms with E-state index >= 15 is 0 Å². The van der Waals surface area contributed by atoms with Crippen LogP contribution in [0.15, 0.2) is 0 Å². The van der Waals surface area contributed by atoms with Crippen molar-refractivity contribution in [1.29, 1.82) is 0 Å². The van der Waals surface area contributed by atoms with Gasteiger partial charge in [0.25, 0.3) is 0 Å². The van der Waals surface area contributed by atoms with Crippen LogP contribution in [0, 0.1) is 0 Å². The number of nitrogens with two attached hydrogens (primary N) is 1. The third kappa shape index (κ3) is 3.71. The summed E-state index contributed by atoms with van der Waals surface area (Å²) in [6.07, 6.45) is 2.68. The van der Waals surface area contributed by atoms with Crippen molar-refractivity contribution >= 4 is 0 Å². The maximum atomic E-state index is 6.07. The molecule has 0 unspecified atom stereocenters. The van der Waals surface area contributed by atoms with Gasteiger partial charge in [-0.25, -0.2) is 0 Å². The average molecular weight is 284 g/mol. The Morgan fingerprint density at radius 1 is 1.20 bits per heavy atom. The molecule has 2 rings (SSSR count). The summed E-state index contributed by atoms with van der Waals surface area (Å²) in [6.45, 7) is 10.7. The number of rotatable bonds is 7. The SMILES string of the molecule is CCOC1CC(CN)(N2CCN(CCN(C)C)CC2)C1. The van der Waals surface area contributed by atoms with E-state index in [0.717, 1.165) is 45.6 Å². The van der Waals surface area contributed by atoms with Crippen molar-refractivity contribution in [1.82, 2.24) is 14.7 Å². The lowest BCUT2D eigenvalue weighted by Gasteiger charge is -2.55. The Hall–Kier alpha value is -0.200. The standard InChI is InChI=1S/C15H32N4O/c1-4-20-14-11-15(12-14,13-16)19-9-7-18(8-10-19)6-5-17(2)3/h14H,4-13,16H2,1-3H3. The Labute approximate surface area is 124 Å². The average Bonchev–Trinajstić information content (AvgIpc) is 2.41. The van der Waals surface area contributed by atoms with Gasteiger partial charge >= 0.3 is 0 Å². The van der Waals surface area contributed by atoms with Crippen molar-refractivity contribution in [3.05, 3.63) is 0 Å². The molecule has 1 aliphatic carbocycles. The topological polar surface area (TPSA) is 45.0 Å². The quantitative estimate of drug-likeness (QED) is 0.716. The van der Waals surface area contributed by atoms with Crippen molar-refractivity contribution in [3.63, 3.8) is 0 Å². The van der Waals surface area contributed by atoms with Crippen molar-refractivity contribution in [2.75, 3.05) is 66.5 Å². The van der Waals surface area contributed by atoms with Gasteiger partial charge in [-0.1, -0.05) is 0 Å². The fourth-order valence-electron chi connectivity index (χ4n) is 3.48. The molecule has 2 N–H and O–H groups in total. The third-order valence-electron chi connectivity index (χ3n) is 4.90. The fourth-order valence-corrected chi connectivity index (χ4v) is 3.48. The number of likely N-dealkylation sites (N-methyl/N-ethyl adjacent to an activating group) is 1. The summed E-state index contributed by atoms with van der Waals surface area (Å²) < 4.78 is 5.71. The zero-order chi connectivity index (χ0) is 14.6. The van der Waals surface area contributed by atoms with Crippen LogP contribution in [0.4, 0.5) is 0 Å². The molecule has 0 bridgehead atoms. The predicted octanol–water partition coefficient (Wildman–Crippen LogP) is 0.0620. The zero-order valence-corrected chi connectivity index (χ0v) is 13.5. The minimum absolute atomic E-state index is 0.230. The summed E-state index contributed by atoms with van der Waals surface area (Å²) in [5.74, 6) is 0. The second-order valence-electron chi connectivity index (χ2n) is 6.55. The highest BCUT2D eigenvalue weighted by molar-refractivity contribution is 5.05. The van der Waals surface area contributed by atoms with E-state index in [2.05, 4.69) is 35.7 Å². The molecule has 5 nitrogen and oxygen atoms in total. The lowest BCUT2D eigenvalue weighted by molar-refractivity contribution is -0.110. The second-order valence-corrected chi connectivity index (χ2v) is 6.55. The van der Waals surface area contributed by atoms with Gasteiger partial charge in [-0.05, 0) is 33.9 Å². The van der Waals surface area contributed by atoms with Gasteiger partial charge in [0.2, 0.25) is 0 Å². The number of nitrogens with zero attached hydrogens (tertiary/aromatic N) is 3. The van der Waals surface area contributed by atoms with E-state index < -0.39 is 0 Å². The number of ether oxygens (including phenoxy) is 1. The first-order chi connectivity index (χ1) is 9.59. The molecular formula is C15H32N4O. The smallest absolute Gasteiger partial charge is 0.0611 e. The molecule has 0 aromatic heterocycles. The minimum atomic E-state index is 0.230. The molecule has 0 radical (unpaired) electrons. The predicted molar refractivity (Wildman–Crippen MR) is 83.0 cm³/mol. The van der Waals surface area contributed by atoms with Gasteiger partial charge in [0, 0.05) is 58.0 Å². The first-order valence-corrected chi connectivity index (χ1v) is 8.03. The number of hydrogen-bond acceptors (Lipinski definition) is 5. The van der Waals surface area contributed by atoms with Crippen LogP contribution in [0.2, 0.25) is 0 Å². The summed E-state index contributed by atoms with van der Waals surface area (Å²) in [7, 11) is 4.28. The summed E-state index contributed by atoms with van der Waals surface area (Å²) >= 11 is 0. The zero-order valence-electron chi connectivity index (χ0n) is 13.5. The van der Waals surface area contributed by atoms with Gasteiger partial charge in [-0.15, -0.1) is 0 Å². The van der Waals surface area contributed by atoms with Crippen LogP contribution in [-0.4, -0.2) is 92.9 Å². The van der Waals surface area contributed by atoms with Crippen LogP contribution in [0.1, 0.15) is 19.8 Å². The highest BCUT2D eigenvalue weighted by Gasteiger charge is 2.48. The van der Waals surface area contributed by atoms with E-state index in [1.54, 1.807) is 0 Å². The number of piperazine rings is 1. The molecule has 1 saturated heterocycles. The Morgan fingerprint density at radius 2 is 1.85 bits per heavy atom. The fraction of sp³-hybridized carbons (Fsp3) is 1.00. The molecule has 2 fully saturated rings. The molecule has 0 spiro atoms. The summed E-state index contributed by atoms with van der Waals surface area (Å²) in [5, 5.41) is 0. The molecule has 0 aromatic carbocycles. The maximum absolute atomic E-state index is 6.07. The van der Waals surface area contributed by atoms with E-state index in [9.17, 15) is 0 Å². The van der Waals surface area contributed by atoms with E-state index in [0.29, 0.717) is 6.10 Å². The van der Waals surface area contributed by atoms with Crippen LogP contribution in [0.3, 0.4) is 0 Å². The molecule has 118 valence electrons. The lowest BCUT2D eigenvalue weighted by Crippen LogP contribution is -2.67. The molecule has 1 aliphatic heterocycles. The maximum Gasteiger partial charge on any atom is 0.0611 e. The Kier molecular flexibility index (Phi) is 5.81. The van der Waals surface area contributed by atoms with Crippen LogP contribution >= 0.6 is 0 Å². The van der Waals surface area contributed by atoms with Gasteiger partial charge in [0.1, 0.15) is 0 Å². The van der Waals surface area contributed by atoms with Gasteiger partial charge in [-0.2, -0.15) is 0 Å². The van der Waals surface area contributed by atoms with Gasteiger partial charge < -0.3 is 15.4 Å². The minimum Gasteiger partial charge on any atom is -0.378 e. The summed E-state index contributed by atoms with van der Waals surface area (Å²) in [5.41, 5.74) is 6.30. The van der Waals surface area contributed by atoms with Gasteiger partial charge in [0.05, 0.1) is 6.10 Å².